The van der Waals surface area contributed by atoms with Crippen LogP contribution in [0.4, 0.5) is 0 Å². The summed E-state index contributed by atoms with van der Waals surface area (Å²) in [6.07, 6.45) is 6.87. The zero-order valence-corrected chi connectivity index (χ0v) is 12.8. The van der Waals surface area contributed by atoms with E-state index in [-0.39, 0.29) is 0 Å². The van der Waals surface area contributed by atoms with Gasteiger partial charge >= 0.3 is 0 Å². The fraction of sp³-hybridized carbons (Fsp3) is 0.667. The Morgan fingerprint density at radius 2 is 1.85 bits per heavy atom. The zero-order chi connectivity index (χ0) is 13.8. The number of hydrogen-bond acceptors (Lipinski definition) is 2. The van der Waals surface area contributed by atoms with Crippen LogP contribution in [0, 0.1) is 5.92 Å². The van der Waals surface area contributed by atoms with Crippen LogP contribution in [0.25, 0.3) is 0 Å². The molecule has 1 atom stereocenters. The molecule has 20 heavy (non-hydrogen) atoms. The highest BCUT2D eigenvalue weighted by atomic mass is 15.1. The van der Waals surface area contributed by atoms with E-state index in [1.807, 2.05) is 0 Å². The minimum Gasteiger partial charge on any atom is -0.310 e. The Morgan fingerprint density at radius 3 is 2.65 bits per heavy atom. The van der Waals surface area contributed by atoms with Crippen LogP contribution in [-0.2, 0) is 13.1 Å². The molecule has 1 aliphatic carbocycles. The molecule has 0 bridgehead atoms. The highest BCUT2D eigenvalue weighted by Gasteiger charge is 2.20. The first-order valence-corrected chi connectivity index (χ1v) is 8.34. The lowest BCUT2D eigenvalue weighted by molar-refractivity contribution is 0.272. The van der Waals surface area contributed by atoms with Crippen molar-refractivity contribution in [1.29, 1.82) is 0 Å². The van der Waals surface area contributed by atoms with Gasteiger partial charge in [0.05, 0.1) is 0 Å². The second-order valence-corrected chi connectivity index (χ2v) is 6.74. The van der Waals surface area contributed by atoms with Gasteiger partial charge in [0, 0.05) is 19.1 Å². The molecule has 2 heteroatoms. The van der Waals surface area contributed by atoms with Crippen LogP contribution in [0.1, 0.15) is 50.2 Å². The van der Waals surface area contributed by atoms with Crippen molar-refractivity contribution >= 4 is 0 Å². The van der Waals surface area contributed by atoms with Crippen LogP contribution in [0.2, 0.25) is 0 Å². The van der Waals surface area contributed by atoms with Gasteiger partial charge in [0.1, 0.15) is 0 Å². The third kappa shape index (κ3) is 4.07. The van der Waals surface area contributed by atoms with Crippen molar-refractivity contribution in [1.82, 2.24) is 10.2 Å². The van der Waals surface area contributed by atoms with Gasteiger partial charge < -0.3 is 5.32 Å². The fourth-order valence-corrected chi connectivity index (χ4v) is 3.15. The van der Waals surface area contributed by atoms with E-state index in [9.17, 15) is 0 Å². The molecule has 110 valence electrons. The van der Waals surface area contributed by atoms with Crippen molar-refractivity contribution in [2.75, 3.05) is 13.1 Å². The summed E-state index contributed by atoms with van der Waals surface area (Å²) < 4.78 is 0. The largest absolute Gasteiger partial charge is 0.310 e. The third-order valence-electron chi connectivity index (χ3n) is 4.78. The van der Waals surface area contributed by atoms with E-state index in [1.165, 1.54) is 56.3 Å². The number of nitrogens with one attached hydrogen (secondary N) is 1. The Hall–Kier alpha value is -0.860. The molecule has 1 aromatic rings. The van der Waals surface area contributed by atoms with Crippen molar-refractivity contribution < 1.29 is 0 Å². The fourth-order valence-electron chi connectivity index (χ4n) is 3.15. The third-order valence-corrected chi connectivity index (χ3v) is 4.78. The summed E-state index contributed by atoms with van der Waals surface area (Å²) >= 11 is 0. The predicted molar refractivity (Wildman–Crippen MR) is 84.6 cm³/mol. The quantitative estimate of drug-likeness (QED) is 0.881. The van der Waals surface area contributed by atoms with E-state index in [0.717, 1.165) is 25.0 Å². The Kier molecular flexibility index (Phi) is 4.74. The van der Waals surface area contributed by atoms with E-state index in [1.54, 1.807) is 0 Å². The minimum atomic E-state index is 0.794. The topological polar surface area (TPSA) is 15.3 Å². The van der Waals surface area contributed by atoms with Gasteiger partial charge in [0.2, 0.25) is 0 Å². The summed E-state index contributed by atoms with van der Waals surface area (Å²) in [7, 11) is 0. The summed E-state index contributed by atoms with van der Waals surface area (Å²) in [5.41, 5.74) is 3.02. The minimum absolute atomic E-state index is 0.794. The molecule has 0 amide bonds. The average molecular weight is 272 g/mol. The average Bonchev–Trinajstić information content (AvgIpc) is 3.28. The molecule has 1 aliphatic heterocycles. The number of likely N-dealkylation sites (tertiary alicyclic amines) is 1. The van der Waals surface area contributed by atoms with E-state index in [4.69, 9.17) is 0 Å². The van der Waals surface area contributed by atoms with Crippen molar-refractivity contribution in [3.8, 4) is 0 Å². The summed E-state index contributed by atoms with van der Waals surface area (Å²) in [5.74, 6) is 0.909. The lowest BCUT2D eigenvalue weighted by Gasteiger charge is -2.22. The van der Waals surface area contributed by atoms with E-state index in [2.05, 4.69) is 41.4 Å². The maximum absolute atomic E-state index is 3.65. The smallest absolute Gasteiger partial charge is 0.0236 e. The summed E-state index contributed by atoms with van der Waals surface area (Å²) in [5, 5.41) is 3.65. The van der Waals surface area contributed by atoms with Gasteiger partial charge in [-0.1, -0.05) is 31.2 Å². The van der Waals surface area contributed by atoms with Gasteiger partial charge in [-0.3, -0.25) is 4.90 Å². The van der Waals surface area contributed by atoms with Crippen LogP contribution < -0.4 is 5.32 Å². The summed E-state index contributed by atoms with van der Waals surface area (Å²) in [4.78, 5) is 2.65. The lowest BCUT2D eigenvalue weighted by Crippen LogP contribution is -2.25. The molecule has 2 nitrogen and oxygen atoms in total. The highest BCUT2D eigenvalue weighted by molar-refractivity contribution is 5.27. The Balaban J connectivity index is 1.60. The first kappa shape index (κ1) is 14.1. The molecule has 1 aromatic carbocycles. The van der Waals surface area contributed by atoms with Gasteiger partial charge in [-0.2, -0.15) is 0 Å². The van der Waals surface area contributed by atoms with Crippen molar-refractivity contribution in [2.24, 2.45) is 5.92 Å². The molecule has 3 rings (SSSR count). The second-order valence-electron chi connectivity index (χ2n) is 6.74. The van der Waals surface area contributed by atoms with Gasteiger partial charge in [-0.15, -0.1) is 0 Å². The number of hydrogen-bond donors (Lipinski definition) is 1. The molecule has 1 unspecified atom stereocenters. The van der Waals surface area contributed by atoms with Crippen molar-refractivity contribution in [3.05, 3.63) is 35.4 Å². The molecule has 1 saturated carbocycles. The summed E-state index contributed by atoms with van der Waals surface area (Å²) in [6.45, 7) is 7.12. The van der Waals surface area contributed by atoms with Crippen LogP contribution in [0.5, 0.6) is 0 Å². The van der Waals surface area contributed by atoms with E-state index < -0.39 is 0 Å². The maximum Gasteiger partial charge on any atom is 0.0236 e. The van der Waals surface area contributed by atoms with Crippen LogP contribution in [0.15, 0.2) is 24.3 Å². The Morgan fingerprint density at radius 1 is 1.05 bits per heavy atom. The molecule has 0 spiro atoms. The van der Waals surface area contributed by atoms with Gasteiger partial charge in [-0.25, -0.2) is 0 Å². The van der Waals surface area contributed by atoms with Crippen molar-refractivity contribution in [2.45, 2.75) is 58.2 Å². The molecule has 2 aliphatic rings. The van der Waals surface area contributed by atoms with Crippen LogP contribution >= 0.6 is 0 Å². The van der Waals surface area contributed by atoms with Crippen LogP contribution in [-0.4, -0.2) is 24.0 Å². The molecule has 0 radical (unpaired) electrons. The summed E-state index contributed by atoms with van der Waals surface area (Å²) in [6, 6.07) is 9.78. The molecular weight excluding hydrogens is 244 g/mol. The second kappa shape index (κ2) is 6.73. The highest BCUT2D eigenvalue weighted by Crippen LogP contribution is 2.22. The number of nitrogens with zero attached hydrogens (tertiary/aromatic N) is 1. The van der Waals surface area contributed by atoms with Crippen LogP contribution in [0.3, 0.4) is 0 Å². The molecule has 2 fully saturated rings. The first-order valence-electron chi connectivity index (χ1n) is 8.34. The Bertz CT molecular complexity index is 425. The number of rotatable bonds is 5. The van der Waals surface area contributed by atoms with Gasteiger partial charge in [-0.05, 0) is 62.2 Å². The normalized spacial score (nSPS) is 24.6. The Labute approximate surface area is 123 Å². The standard InChI is InChI=1S/C18H28N2/c1-15-5-4-11-20(12-10-15)14-17-7-3-2-6-16(17)13-19-18-8-9-18/h2-3,6-7,15,18-19H,4-5,8-14H2,1H3. The van der Waals surface area contributed by atoms with Gasteiger partial charge in [0.15, 0.2) is 0 Å². The monoisotopic (exact) mass is 272 g/mol. The molecular formula is C18H28N2. The van der Waals surface area contributed by atoms with Crippen molar-refractivity contribution in [3.63, 3.8) is 0 Å². The zero-order valence-electron chi connectivity index (χ0n) is 12.8. The SMILES string of the molecule is CC1CCCN(Cc2ccccc2CNC2CC2)CC1. The molecule has 1 saturated heterocycles. The first-order chi connectivity index (χ1) is 9.81. The number of benzene rings is 1. The molecule has 0 aromatic heterocycles. The van der Waals surface area contributed by atoms with Gasteiger partial charge in [0.25, 0.3) is 0 Å². The lowest BCUT2D eigenvalue weighted by atomic mass is 10.0. The molecule has 1 N–H and O–H groups in total. The maximum atomic E-state index is 3.65. The predicted octanol–water partition coefficient (Wildman–Crippen LogP) is 3.56. The van der Waals surface area contributed by atoms with E-state index in [0.29, 0.717) is 0 Å². The molecule has 1 heterocycles. The van der Waals surface area contributed by atoms with E-state index >= 15 is 0 Å².